The van der Waals surface area contributed by atoms with E-state index in [-0.39, 0.29) is 5.91 Å². The van der Waals surface area contributed by atoms with Crippen molar-refractivity contribution in [1.82, 2.24) is 14.9 Å². The molecule has 0 radical (unpaired) electrons. The number of benzene rings is 1. The minimum Gasteiger partial charge on any atom is -0.497 e. The Morgan fingerprint density at radius 2 is 2.04 bits per heavy atom. The highest BCUT2D eigenvalue weighted by Gasteiger charge is 2.12. The van der Waals surface area contributed by atoms with E-state index in [0.29, 0.717) is 23.7 Å². The van der Waals surface area contributed by atoms with Gasteiger partial charge in [-0.15, -0.1) is 0 Å². The summed E-state index contributed by atoms with van der Waals surface area (Å²) >= 11 is 0. The van der Waals surface area contributed by atoms with Gasteiger partial charge in [-0.2, -0.15) is 5.10 Å². The standard InChI is InChI=1S/C17H17N3O3/c1-22-14-7-6-12(16(10-14)23-2)11-18-17(21)15-9-13-5-3-4-8-20(13)19-15/h3-10H,11H2,1-2H3,(H,18,21). The largest absolute Gasteiger partial charge is 0.497 e. The highest BCUT2D eigenvalue weighted by Crippen LogP contribution is 2.24. The summed E-state index contributed by atoms with van der Waals surface area (Å²) in [6.45, 7) is 0.347. The van der Waals surface area contributed by atoms with Crippen molar-refractivity contribution >= 4 is 11.4 Å². The van der Waals surface area contributed by atoms with Crippen LogP contribution in [0.25, 0.3) is 5.52 Å². The van der Waals surface area contributed by atoms with Crippen LogP contribution in [-0.4, -0.2) is 29.7 Å². The lowest BCUT2D eigenvalue weighted by atomic mass is 10.2. The zero-order chi connectivity index (χ0) is 16.2. The molecule has 2 heterocycles. The van der Waals surface area contributed by atoms with Crippen molar-refractivity contribution in [2.24, 2.45) is 0 Å². The van der Waals surface area contributed by atoms with E-state index in [2.05, 4.69) is 10.4 Å². The predicted molar refractivity (Wildman–Crippen MR) is 85.9 cm³/mol. The van der Waals surface area contributed by atoms with Crippen LogP contribution in [0.5, 0.6) is 11.5 Å². The van der Waals surface area contributed by atoms with Crippen LogP contribution in [0.3, 0.4) is 0 Å². The summed E-state index contributed by atoms with van der Waals surface area (Å²) < 4.78 is 12.2. The number of rotatable bonds is 5. The number of carbonyl (C=O) groups excluding carboxylic acids is 1. The van der Waals surface area contributed by atoms with Crippen molar-refractivity contribution < 1.29 is 14.3 Å². The molecular weight excluding hydrogens is 294 g/mol. The molecule has 0 bridgehead atoms. The molecule has 6 heteroatoms. The third-order valence-electron chi connectivity index (χ3n) is 3.54. The number of nitrogens with zero attached hydrogens (tertiary/aromatic N) is 2. The maximum Gasteiger partial charge on any atom is 0.272 e. The van der Waals surface area contributed by atoms with Crippen LogP contribution in [0.1, 0.15) is 16.1 Å². The molecule has 23 heavy (non-hydrogen) atoms. The topological polar surface area (TPSA) is 64.9 Å². The number of hydrogen-bond acceptors (Lipinski definition) is 4. The normalized spacial score (nSPS) is 10.5. The van der Waals surface area contributed by atoms with Crippen molar-refractivity contribution in [2.45, 2.75) is 6.54 Å². The molecule has 0 saturated carbocycles. The first kappa shape index (κ1) is 14.9. The molecule has 6 nitrogen and oxygen atoms in total. The Hall–Kier alpha value is -3.02. The second-order valence-electron chi connectivity index (χ2n) is 4.96. The minimum absolute atomic E-state index is 0.230. The van der Waals surface area contributed by atoms with Gasteiger partial charge in [-0.1, -0.05) is 6.07 Å². The number of ether oxygens (including phenoxy) is 2. The van der Waals surface area contributed by atoms with Crippen LogP contribution in [0.15, 0.2) is 48.7 Å². The number of pyridine rings is 1. The molecule has 0 atom stereocenters. The Bertz CT molecular complexity index is 809. The predicted octanol–water partition coefficient (Wildman–Crippen LogP) is 2.28. The molecule has 2 aromatic heterocycles. The summed E-state index contributed by atoms with van der Waals surface area (Å²) in [4.78, 5) is 12.3. The number of nitrogens with one attached hydrogen (secondary N) is 1. The van der Waals surface area contributed by atoms with E-state index in [9.17, 15) is 4.79 Å². The van der Waals surface area contributed by atoms with Gasteiger partial charge in [0.05, 0.1) is 19.7 Å². The third kappa shape index (κ3) is 3.11. The lowest BCUT2D eigenvalue weighted by Crippen LogP contribution is -2.23. The summed E-state index contributed by atoms with van der Waals surface area (Å²) in [7, 11) is 3.18. The van der Waals surface area contributed by atoms with Crippen LogP contribution >= 0.6 is 0 Å². The number of methoxy groups -OCH3 is 2. The van der Waals surface area contributed by atoms with E-state index in [1.165, 1.54) is 0 Å². The summed E-state index contributed by atoms with van der Waals surface area (Å²) in [5.74, 6) is 1.14. The Morgan fingerprint density at radius 1 is 1.17 bits per heavy atom. The number of hydrogen-bond donors (Lipinski definition) is 1. The number of amides is 1. The molecule has 0 saturated heterocycles. The zero-order valence-electron chi connectivity index (χ0n) is 12.9. The molecule has 1 amide bonds. The Balaban J connectivity index is 1.73. The number of fused-ring (bicyclic) bond motifs is 1. The maximum atomic E-state index is 12.3. The molecule has 3 aromatic rings. The molecule has 1 N–H and O–H groups in total. The average Bonchev–Trinajstić information content (AvgIpc) is 3.03. The SMILES string of the molecule is COc1ccc(CNC(=O)c2cc3ccccn3n2)c(OC)c1. The fourth-order valence-corrected chi connectivity index (χ4v) is 2.31. The average molecular weight is 311 g/mol. The van der Waals surface area contributed by atoms with E-state index in [1.807, 2.05) is 30.3 Å². The van der Waals surface area contributed by atoms with Gasteiger partial charge >= 0.3 is 0 Å². The molecule has 118 valence electrons. The van der Waals surface area contributed by atoms with Crippen molar-refractivity contribution in [3.05, 3.63) is 59.9 Å². The molecule has 0 aliphatic heterocycles. The first-order valence-corrected chi connectivity index (χ1v) is 7.15. The first-order chi connectivity index (χ1) is 11.2. The van der Waals surface area contributed by atoms with Crippen molar-refractivity contribution in [3.63, 3.8) is 0 Å². The summed E-state index contributed by atoms with van der Waals surface area (Å²) in [5, 5.41) is 7.10. The summed E-state index contributed by atoms with van der Waals surface area (Å²) in [6, 6.07) is 12.9. The maximum absolute atomic E-state index is 12.3. The van der Waals surface area contributed by atoms with Gasteiger partial charge in [0.1, 0.15) is 11.5 Å². The summed E-state index contributed by atoms with van der Waals surface area (Å²) in [6.07, 6.45) is 1.80. The van der Waals surface area contributed by atoms with E-state index >= 15 is 0 Å². The van der Waals surface area contributed by atoms with Gasteiger partial charge in [-0.25, -0.2) is 4.52 Å². The van der Waals surface area contributed by atoms with Crippen LogP contribution in [0.4, 0.5) is 0 Å². The van der Waals surface area contributed by atoms with E-state index in [0.717, 1.165) is 11.1 Å². The summed E-state index contributed by atoms with van der Waals surface area (Å²) in [5.41, 5.74) is 2.12. The lowest BCUT2D eigenvalue weighted by molar-refractivity contribution is 0.0945. The molecule has 0 aliphatic carbocycles. The van der Waals surface area contributed by atoms with Crippen molar-refractivity contribution in [1.29, 1.82) is 0 Å². The minimum atomic E-state index is -0.230. The molecular formula is C17H17N3O3. The number of carbonyl (C=O) groups is 1. The van der Waals surface area contributed by atoms with Gasteiger partial charge in [-0.3, -0.25) is 4.79 Å². The Labute approximate surface area is 133 Å². The van der Waals surface area contributed by atoms with Crippen molar-refractivity contribution in [3.8, 4) is 11.5 Å². The van der Waals surface area contributed by atoms with Crippen LogP contribution in [0.2, 0.25) is 0 Å². The molecule has 0 fully saturated rings. The monoisotopic (exact) mass is 311 g/mol. The quantitative estimate of drug-likeness (QED) is 0.785. The third-order valence-corrected chi connectivity index (χ3v) is 3.54. The van der Waals surface area contributed by atoms with Gasteiger partial charge in [0.15, 0.2) is 5.69 Å². The molecule has 1 aromatic carbocycles. The van der Waals surface area contributed by atoms with Crippen molar-refractivity contribution in [2.75, 3.05) is 14.2 Å². The van der Waals surface area contributed by atoms with Crippen LogP contribution < -0.4 is 14.8 Å². The van der Waals surface area contributed by atoms with E-state index in [4.69, 9.17) is 9.47 Å². The molecule has 0 aliphatic rings. The van der Waals surface area contributed by atoms with E-state index < -0.39 is 0 Å². The Morgan fingerprint density at radius 3 is 2.78 bits per heavy atom. The van der Waals surface area contributed by atoms with Gasteiger partial charge in [0, 0.05) is 24.4 Å². The second kappa shape index (κ2) is 6.39. The van der Waals surface area contributed by atoms with Gasteiger partial charge in [-0.05, 0) is 30.3 Å². The molecule has 0 unspecified atom stereocenters. The highest BCUT2D eigenvalue weighted by atomic mass is 16.5. The number of aromatic nitrogens is 2. The molecule has 3 rings (SSSR count). The van der Waals surface area contributed by atoms with Gasteiger partial charge in [0.2, 0.25) is 0 Å². The van der Waals surface area contributed by atoms with Gasteiger partial charge < -0.3 is 14.8 Å². The smallest absolute Gasteiger partial charge is 0.272 e. The lowest BCUT2D eigenvalue weighted by Gasteiger charge is -2.10. The second-order valence-corrected chi connectivity index (χ2v) is 4.96. The fourth-order valence-electron chi connectivity index (χ4n) is 2.31. The fraction of sp³-hybridized carbons (Fsp3) is 0.176. The molecule has 0 spiro atoms. The van der Waals surface area contributed by atoms with E-state index in [1.54, 1.807) is 37.1 Å². The highest BCUT2D eigenvalue weighted by molar-refractivity contribution is 5.93. The first-order valence-electron chi connectivity index (χ1n) is 7.15. The van der Waals surface area contributed by atoms with Crippen LogP contribution in [-0.2, 0) is 6.54 Å². The van der Waals surface area contributed by atoms with Crippen LogP contribution in [0, 0.1) is 0 Å². The zero-order valence-corrected chi connectivity index (χ0v) is 12.9. The van der Waals surface area contributed by atoms with Gasteiger partial charge in [0.25, 0.3) is 5.91 Å². The Kier molecular flexibility index (Phi) is 4.14.